The van der Waals surface area contributed by atoms with Crippen molar-refractivity contribution in [1.82, 2.24) is 24.5 Å². The average molecular weight is 472 g/mol. The molecule has 0 saturated carbocycles. The number of nitrogens with one attached hydrogen (secondary N) is 1. The normalized spacial score (nSPS) is 11.8. The number of pyridine rings is 2. The number of nitrogens with zero attached hydrogens (tertiary/aromatic N) is 4. The molecule has 0 aliphatic carbocycles. The summed E-state index contributed by atoms with van der Waals surface area (Å²) >= 11 is 0. The molecule has 0 amide bonds. The van der Waals surface area contributed by atoms with Gasteiger partial charge in [0.05, 0.1) is 17.5 Å². The van der Waals surface area contributed by atoms with Gasteiger partial charge in [0.15, 0.2) is 5.43 Å². The Labute approximate surface area is 196 Å². The van der Waals surface area contributed by atoms with Crippen molar-refractivity contribution in [2.45, 2.75) is 12.3 Å². The van der Waals surface area contributed by atoms with Gasteiger partial charge < -0.3 is 0 Å². The average Bonchev–Trinajstić information content (AvgIpc) is 3.22. The quantitative estimate of drug-likeness (QED) is 0.408. The van der Waals surface area contributed by atoms with Gasteiger partial charge in [-0.1, -0.05) is 18.2 Å². The number of rotatable bonds is 6. The molecule has 0 aliphatic rings. The minimum absolute atomic E-state index is 0.174. The summed E-state index contributed by atoms with van der Waals surface area (Å²) in [5, 5.41) is 5.81. The highest BCUT2D eigenvalue weighted by Gasteiger charge is 2.13. The van der Waals surface area contributed by atoms with E-state index in [2.05, 4.69) is 19.8 Å². The van der Waals surface area contributed by atoms with Crippen LogP contribution in [0, 0.1) is 0 Å². The molecule has 34 heavy (non-hydrogen) atoms. The number of aryl methyl sites for hydroxylation is 1. The highest BCUT2D eigenvalue weighted by molar-refractivity contribution is 7.88. The molecule has 5 rings (SSSR count). The Morgan fingerprint density at radius 3 is 2.47 bits per heavy atom. The first-order valence-corrected chi connectivity index (χ1v) is 12.2. The first kappa shape index (κ1) is 21.9. The van der Waals surface area contributed by atoms with E-state index in [1.54, 1.807) is 71.9 Å². The minimum atomic E-state index is -3.61. The Hall–Kier alpha value is -3.95. The van der Waals surface area contributed by atoms with Gasteiger partial charge in [0.2, 0.25) is 10.0 Å². The summed E-state index contributed by atoms with van der Waals surface area (Å²) in [5.41, 5.74) is 3.37. The fourth-order valence-corrected chi connectivity index (χ4v) is 4.94. The second-order valence-corrected chi connectivity index (χ2v) is 9.89. The van der Waals surface area contributed by atoms with E-state index in [1.807, 2.05) is 19.3 Å². The fourth-order valence-electron chi connectivity index (χ4n) is 3.83. The first-order chi connectivity index (χ1) is 16.4. The van der Waals surface area contributed by atoms with Gasteiger partial charge in [-0.05, 0) is 46.8 Å². The van der Waals surface area contributed by atoms with Crippen molar-refractivity contribution >= 4 is 31.7 Å². The van der Waals surface area contributed by atoms with Crippen molar-refractivity contribution < 1.29 is 8.42 Å². The first-order valence-electron chi connectivity index (χ1n) is 10.6. The molecule has 3 heterocycles. The van der Waals surface area contributed by atoms with Crippen LogP contribution in [-0.2, 0) is 29.4 Å². The van der Waals surface area contributed by atoms with E-state index in [0.29, 0.717) is 21.9 Å². The lowest BCUT2D eigenvalue weighted by Crippen LogP contribution is -2.24. The Balaban J connectivity index is 1.51. The van der Waals surface area contributed by atoms with Gasteiger partial charge in [-0.25, -0.2) is 13.1 Å². The van der Waals surface area contributed by atoms with Crippen LogP contribution in [0.1, 0.15) is 11.1 Å². The van der Waals surface area contributed by atoms with Crippen molar-refractivity contribution in [3.63, 3.8) is 0 Å². The highest BCUT2D eigenvalue weighted by Crippen LogP contribution is 2.22. The molecule has 1 N–H and O–H groups in total. The molecular weight excluding hydrogens is 450 g/mol. The van der Waals surface area contributed by atoms with Crippen molar-refractivity contribution in [2.75, 3.05) is 0 Å². The third-order valence-corrected chi connectivity index (χ3v) is 6.88. The van der Waals surface area contributed by atoms with Crippen LogP contribution in [0.3, 0.4) is 0 Å². The van der Waals surface area contributed by atoms with Gasteiger partial charge in [-0.2, -0.15) is 5.10 Å². The predicted octanol–water partition coefficient (Wildman–Crippen LogP) is 3.16. The molecule has 0 unspecified atom stereocenters. The monoisotopic (exact) mass is 471 g/mol. The molecule has 3 aromatic heterocycles. The van der Waals surface area contributed by atoms with Crippen molar-refractivity contribution in [1.29, 1.82) is 0 Å². The summed E-state index contributed by atoms with van der Waals surface area (Å²) in [5.74, 6) is -0.233. The smallest absolute Gasteiger partial charge is 0.216 e. The van der Waals surface area contributed by atoms with Crippen molar-refractivity contribution in [2.24, 2.45) is 7.05 Å². The summed E-state index contributed by atoms with van der Waals surface area (Å²) in [6.07, 6.45) is 8.52. The number of fused-ring (bicyclic) bond motifs is 2. The molecule has 0 spiro atoms. The Kier molecular flexibility index (Phi) is 5.64. The van der Waals surface area contributed by atoms with E-state index in [9.17, 15) is 13.2 Å². The maximum Gasteiger partial charge on any atom is 0.216 e. The molecule has 0 radical (unpaired) electrons. The van der Waals surface area contributed by atoms with E-state index in [-0.39, 0.29) is 17.7 Å². The number of aromatic nitrogens is 4. The number of sulfonamides is 1. The van der Waals surface area contributed by atoms with Crippen molar-refractivity contribution in [3.05, 3.63) is 101 Å². The summed E-state index contributed by atoms with van der Waals surface area (Å²) < 4.78 is 29.6. The van der Waals surface area contributed by atoms with Crippen LogP contribution in [0.2, 0.25) is 0 Å². The van der Waals surface area contributed by atoms with Gasteiger partial charge in [0.1, 0.15) is 0 Å². The lowest BCUT2D eigenvalue weighted by atomic mass is 10.1. The number of hydrogen-bond acceptors (Lipinski definition) is 6. The Bertz CT molecular complexity index is 1680. The molecule has 0 fully saturated rings. The predicted molar refractivity (Wildman–Crippen MR) is 131 cm³/mol. The molecule has 0 atom stereocenters. The zero-order valence-electron chi connectivity index (χ0n) is 18.3. The lowest BCUT2D eigenvalue weighted by molar-refractivity contribution is 0.580. The summed E-state index contributed by atoms with van der Waals surface area (Å²) in [6, 6.07) is 14.1. The van der Waals surface area contributed by atoms with E-state index in [1.165, 1.54) is 0 Å². The van der Waals surface area contributed by atoms with Crippen molar-refractivity contribution in [3.8, 4) is 11.1 Å². The van der Waals surface area contributed by atoms with E-state index in [0.717, 1.165) is 22.1 Å². The molecule has 0 aliphatic heterocycles. The van der Waals surface area contributed by atoms with Crippen LogP contribution in [-0.4, -0.2) is 28.2 Å². The fraction of sp³-hybridized carbons (Fsp3) is 0.120. The summed E-state index contributed by atoms with van der Waals surface area (Å²) in [7, 11) is -1.78. The molecule has 2 aromatic carbocycles. The molecule has 0 saturated heterocycles. The van der Waals surface area contributed by atoms with E-state index < -0.39 is 10.0 Å². The zero-order chi connectivity index (χ0) is 23.7. The molecule has 5 aromatic rings. The zero-order valence-corrected chi connectivity index (χ0v) is 19.2. The molecule has 8 nitrogen and oxygen atoms in total. The van der Waals surface area contributed by atoms with Crippen LogP contribution in [0.15, 0.2) is 84.3 Å². The number of benzene rings is 1. The third kappa shape index (κ3) is 4.57. The van der Waals surface area contributed by atoms with Crippen LogP contribution >= 0.6 is 0 Å². The highest BCUT2D eigenvalue weighted by atomic mass is 32.2. The van der Waals surface area contributed by atoms with Crippen LogP contribution < -0.4 is 10.2 Å². The minimum Gasteiger partial charge on any atom is -0.289 e. The van der Waals surface area contributed by atoms with Gasteiger partial charge in [0, 0.05) is 60.3 Å². The summed E-state index contributed by atoms with van der Waals surface area (Å²) in [4.78, 5) is 21.9. The SMILES string of the molecule is Cn1cc(-c2cnc3ccc4ccc(CS(=O)(=O)NCc5ccncc5)cc4c(=O)c3c2)cn1. The standard InChI is InChI=1S/C25H21N5O3S/c1-30-15-21(14-28-30)20-11-23-24(27-13-20)5-4-19-3-2-18(10-22(19)25(23)31)16-34(32,33)29-12-17-6-8-26-9-7-17/h2-11,13-15,29H,12,16H2,1H3. The van der Waals surface area contributed by atoms with Crippen LogP contribution in [0.25, 0.3) is 32.8 Å². The topological polar surface area (TPSA) is 107 Å². The van der Waals surface area contributed by atoms with Crippen LogP contribution in [0.4, 0.5) is 0 Å². The lowest BCUT2D eigenvalue weighted by Gasteiger charge is -2.07. The number of hydrogen-bond donors (Lipinski definition) is 1. The van der Waals surface area contributed by atoms with Gasteiger partial charge in [0.25, 0.3) is 0 Å². The maximum atomic E-state index is 13.5. The molecular formula is C25H21N5O3S. The molecule has 170 valence electrons. The van der Waals surface area contributed by atoms with Crippen LogP contribution in [0.5, 0.6) is 0 Å². The van der Waals surface area contributed by atoms with Gasteiger partial charge in [-0.15, -0.1) is 0 Å². The molecule has 0 bridgehead atoms. The van der Waals surface area contributed by atoms with Gasteiger partial charge >= 0.3 is 0 Å². The van der Waals surface area contributed by atoms with E-state index >= 15 is 0 Å². The summed E-state index contributed by atoms with van der Waals surface area (Å²) in [6.45, 7) is 0.174. The molecule has 9 heteroatoms. The largest absolute Gasteiger partial charge is 0.289 e. The Morgan fingerprint density at radius 1 is 0.912 bits per heavy atom. The van der Waals surface area contributed by atoms with Gasteiger partial charge in [-0.3, -0.25) is 19.4 Å². The Morgan fingerprint density at radius 2 is 1.71 bits per heavy atom. The second-order valence-electron chi connectivity index (χ2n) is 8.08. The maximum absolute atomic E-state index is 13.5. The second kappa shape index (κ2) is 8.77. The third-order valence-electron chi connectivity index (χ3n) is 5.59. The van der Waals surface area contributed by atoms with E-state index in [4.69, 9.17) is 0 Å².